The van der Waals surface area contributed by atoms with Crippen LogP contribution in [0.2, 0.25) is 10.3 Å². The number of rotatable bonds is 3. The Morgan fingerprint density at radius 2 is 1.88 bits per heavy atom. The topological polar surface area (TPSA) is 47.0 Å². The van der Waals surface area contributed by atoms with Gasteiger partial charge < -0.3 is 10.1 Å². The molecule has 88 valence electrons. The lowest BCUT2D eigenvalue weighted by molar-refractivity contribution is 0.0776. The monoisotopic (exact) mass is 261 g/mol. The van der Waals surface area contributed by atoms with E-state index in [1.807, 2.05) is 0 Å². The number of ether oxygens (including phenoxy) is 1. The molecule has 0 radical (unpaired) electrons. The van der Waals surface area contributed by atoms with Crippen LogP contribution in [-0.2, 0) is 11.3 Å². The Bertz CT molecular complexity index is 336. The van der Waals surface area contributed by atoms with Crippen LogP contribution in [-0.4, -0.2) is 29.2 Å². The van der Waals surface area contributed by atoms with Gasteiger partial charge in [-0.05, 0) is 12.8 Å². The van der Waals surface area contributed by atoms with Crippen LogP contribution in [0.4, 0.5) is 0 Å². The standard InChI is InChI=1S/C10H13Cl2N3O/c11-9-8(10(12)15-6-14-9)5-13-7-1-3-16-4-2-7/h6-7,13H,1-5H2. The van der Waals surface area contributed by atoms with Crippen molar-refractivity contribution in [2.45, 2.75) is 25.4 Å². The SMILES string of the molecule is Clc1ncnc(Cl)c1CNC1CCOCC1. The summed E-state index contributed by atoms with van der Waals surface area (Å²) in [6.07, 6.45) is 3.40. The predicted molar refractivity (Wildman–Crippen MR) is 62.7 cm³/mol. The van der Waals surface area contributed by atoms with Crippen molar-refractivity contribution in [3.8, 4) is 0 Å². The van der Waals surface area contributed by atoms with Crippen molar-refractivity contribution in [1.82, 2.24) is 15.3 Å². The molecule has 0 unspecified atom stereocenters. The number of hydrogen-bond acceptors (Lipinski definition) is 4. The third kappa shape index (κ3) is 3.04. The van der Waals surface area contributed by atoms with Crippen LogP contribution in [0.25, 0.3) is 0 Å². The number of aromatic nitrogens is 2. The van der Waals surface area contributed by atoms with Gasteiger partial charge in [-0.25, -0.2) is 9.97 Å². The third-order valence-corrected chi connectivity index (χ3v) is 3.28. The quantitative estimate of drug-likeness (QED) is 0.847. The van der Waals surface area contributed by atoms with E-state index in [0.717, 1.165) is 31.6 Å². The van der Waals surface area contributed by atoms with Crippen molar-refractivity contribution in [3.63, 3.8) is 0 Å². The molecule has 2 heterocycles. The van der Waals surface area contributed by atoms with Crippen LogP contribution >= 0.6 is 23.2 Å². The highest BCUT2D eigenvalue weighted by atomic mass is 35.5. The zero-order valence-electron chi connectivity index (χ0n) is 8.75. The molecule has 0 spiro atoms. The Balaban J connectivity index is 1.93. The summed E-state index contributed by atoms with van der Waals surface area (Å²) in [5.74, 6) is 0. The third-order valence-electron chi connectivity index (χ3n) is 2.63. The smallest absolute Gasteiger partial charge is 0.138 e. The van der Waals surface area contributed by atoms with Gasteiger partial charge in [0, 0.05) is 31.4 Å². The molecule has 4 nitrogen and oxygen atoms in total. The maximum absolute atomic E-state index is 5.95. The van der Waals surface area contributed by atoms with E-state index in [1.54, 1.807) is 0 Å². The molecular weight excluding hydrogens is 249 g/mol. The highest BCUT2D eigenvalue weighted by Crippen LogP contribution is 2.20. The molecule has 2 rings (SSSR count). The first-order valence-electron chi connectivity index (χ1n) is 5.23. The molecule has 0 aromatic carbocycles. The summed E-state index contributed by atoms with van der Waals surface area (Å²) in [4.78, 5) is 7.82. The van der Waals surface area contributed by atoms with Crippen LogP contribution in [0.1, 0.15) is 18.4 Å². The van der Waals surface area contributed by atoms with Crippen LogP contribution < -0.4 is 5.32 Å². The van der Waals surface area contributed by atoms with Gasteiger partial charge in [-0.1, -0.05) is 23.2 Å². The second-order valence-electron chi connectivity index (χ2n) is 3.70. The van der Waals surface area contributed by atoms with Gasteiger partial charge in [-0.15, -0.1) is 0 Å². The fraction of sp³-hybridized carbons (Fsp3) is 0.600. The summed E-state index contributed by atoms with van der Waals surface area (Å²) in [6, 6.07) is 0.459. The summed E-state index contributed by atoms with van der Waals surface area (Å²) < 4.78 is 5.28. The Hall–Kier alpha value is -0.420. The molecule has 0 atom stereocenters. The predicted octanol–water partition coefficient (Wildman–Crippen LogP) is 2.05. The minimum Gasteiger partial charge on any atom is -0.381 e. The van der Waals surface area contributed by atoms with Gasteiger partial charge in [0.2, 0.25) is 0 Å². The highest BCUT2D eigenvalue weighted by molar-refractivity contribution is 6.34. The lowest BCUT2D eigenvalue weighted by Gasteiger charge is -2.23. The van der Waals surface area contributed by atoms with Crippen LogP contribution in [0.3, 0.4) is 0 Å². The maximum Gasteiger partial charge on any atom is 0.138 e. The lowest BCUT2D eigenvalue weighted by Crippen LogP contribution is -2.34. The fourth-order valence-corrected chi connectivity index (χ4v) is 2.11. The van der Waals surface area contributed by atoms with Gasteiger partial charge in [-0.3, -0.25) is 0 Å². The summed E-state index contributed by atoms with van der Waals surface area (Å²) >= 11 is 11.9. The van der Waals surface area contributed by atoms with Crippen LogP contribution in [0.5, 0.6) is 0 Å². The number of hydrogen-bond donors (Lipinski definition) is 1. The molecule has 16 heavy (non-hydrogen) atoms. The van der Waals surface area contributed by atoms with Crippen molar-refractivity contribution < 1.29 is 4.74 Å². The number of nitrogens with zero attached hydrogens (tertiary/aromatic N) is 2. The van der Waals surface area contributed by atoms with Crippen molar-refractivity contribution in [2.24, 2.45) is 0 Å². The minimum absolute atomic E-state index is 0.416. The molecule has 0 saturated carbocycles. The average molecular weight is 262 g/mol. The van der Waals surface area contributed by atoms with E-state index in [9.17, 15) is 0 Å². The summed E-state index contributed by atoms with van der Waals surface area (Å²) in [7, 11) is 0. The van der Waals surface area contributed by atoms with Gasteiger partial charge in [0.05, 0.1) is 0 Å². The molecule has 1 aliphatic rings. The van der Waals surface area contributed by atoms with E-state index in [0.29, 0.717) is 22.9 Å². The van der Waals surface area contributed by atoms with Crippen molar-refractivity contribution in [2.75, 3.05) is 13.2 Å². The molecule has 1 aromatic rings. The molecular formula is C10H13Cl2N3O. The van der Waals surface area contributed by atoms with Crippen molar-refractivity contribution >= 4 is 23.2 Å². The Labute approximate surface area is 104 Å². The molecule has 0 aliphatic carbocycles. The molecule has 1 saturated heterocycles. The summed E-state index contributed by atoms with van der Waals surface area (Å²) in [5.41, 5.74) is 0.761. The summed E-state index contributed by atoms with van der Waals surface area (Å²) in [6.45, 7) is 2.22. The largest absolute Gasteiger partial charge is 0.381 e. The molecule has 1 aromatic heterocycles. The van der Waals surface area contributed by atoms with E-state index in [1.165, 1.54) is 6.33 Å². The number of halogens is 2. The van der Waals surface area contributed by atoms with E-state index >= 15 is 0 Å². The maximum atomic E-state index is 5.95. The molecule has 0 bridgehead atoms. The first kappa shape index (κ1) is 12.0. The van der Waals surface area contributed by atoms with Gasteiger partial charge in [-0.2, -0.15) is 0 Å². The van der Waals surface area contributed by atoms with Crippen LogP contribution in [0.15, 0.2) is 6.33 Å². The van der Waals surface area contributed by atoms with Crippen LogP contribution in [0, 0.1) is 0 Å². The Morgan fingerprint density at radius 3 is 2.50 bits per heavy atom. The molecule has 1 fully saturated rings. The van der Waals surface area contributed by atoms with Gasteiger partial charge >= 0.3 is 0 Å². The zero-order chi connectivity index (χ0) is 11.4. The van der Waals surface area contributed by atoms with Gasteiger partial charge in [0.1, 0.15) is 16.6 Å². The first-order chi connectivity index (χ1) is 7.77. The zero-order valence-corrected chi connectivity index (χ0v) is 10.3. The van der Waals surface area contributed by atoms with Gasteiger partial charge in [0.25, 0.3) is 0 Å². The summed E-state index contributed by atoms with van der Waals surface area (Å²) in [5, 5.41) is 4.22. The van der Waals surface area contributed by atoms with E-state index in [2.05, 4.69) is 15.3 Å². The Kier molecular flexibility index (Phi) is 4.35. The number of nitrogens with one attached hydrogen (secondary N) is 1. The molecule has 0 amide bonds. The normalized spacial score (nSPS) is 17.6. The Morgan fingerprint density at radius 1 is 1.25 bits per heavy atom. The second kappa shape index (κ2) is 5.77. The minimum atomic E-state index is 0.416. The van der Waals surface area contributed by atoms with Crippen molar-refractivity contribution in [1.29, 1.82) is 0 Å². The average Bonchev–Trinajstić information content (AvgIpc) is 2.30. The highest BCUT2D eigenvalue weighted by Gasteiger charge is 2.15. The molecule has 1 N–H and O–H groups in total. The van der Waals surface area contributed by atoms with E-state index < -0.39 is 0 Å². The molecule has 6 heteroatoms. The van der Waals surface area contributed by atoms with Gasteiger partial charge in [0.15, 0.2) is 0 Å². The fourth-order valence-electron chi connectivity index (χ4n) is 1.67. The van der Waals surface area contributed by atoms with E-state index in [-0.39, 0.29) is 0 Å². The first-order valence-corrected chi connectivity index (χ1v) is 5.99. The second-order valence-corrected chi connectivity index (χ2v) is 4.42. The lowest BCUT2D eigenvalue weighted by atomic mass is 10.1. The van der Waals surface area contributed by atoms with E-state index in [4.69, 9.17) is 27.9 Å². The van der Waals surface area contributed by atoms with Crippen molar-refractivity contribution in [3.05, 3.63) is 22.2 Å². The molecule has 1 aliphatic heterocycles.